The summed E-state index contributed by atoms with van der Waals surface area (Å²) in [6.07, 6.45) is 0. The zero-order valence-electron chi connectivity index (χ0n) is 10.2. The van der Waals surface area contributed by atoms with Crippen LogP contribution in [0.3, 0.4) is 0 Å². The van der Waals surface area contributed by atoms with Crippen molar-refractivity contribution < 1.29 is 22.0 Å². The second-order valence-corrected chi connectivity index (χ2v) is 4.28. The van der Waals surface area contributed by atoms with Crippen LogP contribution < -0.4 is 5.73 Å². The molecule has 21 heavy (non-hydrogen) atoms. The quantitative estimate of drug-likeness (QED) is 0.553. The van der Waals surface area contributed by atoms with E-state index in [1.807, 2.05) is 0 Å². The van der Waals surface area contributed by atoms with Gasteiger partial charge >= 0.3 is 0 Å². The minimum atomic E-state index is -1.65. The lowest BCUT2D eigenvalue weighted by Gasteiger charge is -2.08. The Morgan fingerprint density at radius 2 is 1.48 bits per heavy atom. The fraction of sp³-hybridized carbons (Fsp3) is 0. The number of hydrogen-bond acceptors (Lipinski definition) is 2. The molecule has 108 valence electrons. The molecule has 3 nitrogen and oxygen atoms in total. The molecule has 1 aromatic heterocycles. The third kappa shape index (κ3) is 1.99. The van der Waals surface area contributed by atoms with Gasteiger partial charge in [0.1, 0.15) is 11.3 Å². The van der Waals surface area contributed by atoms with Crippen molar-refractivity contribution >= 4 is 17.0 Å². The molecule has 0 spiro atoms. The average molecular weight is 299 g/mol. The molecule has 3 aromatic rings. The van der Waals surface area contributed by atoms with E-state index < -0.39 is 29.1 Å². The molecule has 0 bridgehead atoms. The molecule has 8 heteroatoms. The maximum atomic E-state index is 13.6. The monoisotopic (exact) mass is 299 g/mol. The maximum Gasteiger partial charge on any atom is 0.206 e. The lowest BCUT2D eigenvalue weighted by molar-refractivity contribution is 0.446. The molecule has 0 aliphatic carbocycles. The Balaban J connectivity index is 2.37. The minimum Gasteiger partial charge on any atom is -0.369 e. The summed E-state index contributed by atoms with van der Waals surface area (Å²) in [5.74, 6) is -6.77. The van der Waals surface area contributed by atoms with Crippen LogP contribution in [0.25, 0.3) is 16.7 Å². The maximum absolute atomic E-state index is 13.6. The van der Waals surface area contributed by atoms with E-state index in [2.05, 4.69) is 4.98 Å². The highest BCUT2D eigenvalue weighted by Gasteiger charge is 2.18. The van der Waals surface area contributed by atoms with Crippen molar-refractivity contribution in [2.75, 3.05) is 5.73 Å². The normalized spacial score (nSPS) is 11.3. The first-order chi connectivity index (χ1) is 9.88. The summed E-state index contributed by atoms with van der Waals surface area (Å²) in [6.45, 7) is 0. The summed E-state index contributed by atoms with van der Waals surface area (Å²) in [7, 11) is 0. The predicted molar refractivity (Wildman–Crippen MR) is 65.3 cm³/mol. The third-order valence-electron chi connectivity index (χ3n) is 2.93. The summed E-state index contributed by atoms with van der Waals surface area (Å²) >= 11 is 0. The van der Waals surface area contributed by atoms with E-state index >= 15 is 0 Å². The van der Waals surface area contributed by atoms with Crippen molar-refractivity contribution in [2.45, 2.75) is 0 Å². The number of aromatic nitrogens is 2. The molecule has 0 aliphatic heterocycles. The first-order valence-corrected chi connectivity index (χ1v) is 5.66. The average Bonchev–Trinajstić information content (AvgIpc) is 2.72. The number of imidazole rings is 1. The van der Waals surface area contributed by atoms with Crippen LogP contribution in [0.5, 0.6) is 0 Å². The van der Waals surface area contributed by atoms with Gasteiger partial charge in [-0.25, -0.2) is 26.9 Å². The van der Waals surface area contributed by atoms with Gasteiger partial charge in [-0.3, -0.25) is 4.57 Å². The summed E-state index contributed by atoms with van der Waals surface area (Å²) in [5.41, 5.74) is 4.93. The second-order valence-electron chi connectivity index (χ2n) is 4.28. The molecule has 0 unspecified atom stereocenters. The van der Waals surface area contributed by atoms with E-state index in [-0.39, 0.29) is 22.7 Å². The van der Waals surface area contributed by atoms with Gasteiger partial charge in [0.25, 0.3) is 0 Å². The van der Waals surface area contributed by atoms with Crippen LogP contribution in [0.4, 0.5) is 27.9 Å². The molecule has 3 rings (SSSR count). The number of rotatable bonds is 1. The number of nitrogens with zero attached hydrogens (tertiary/aromatic N) is 2. The van der Waals surface area contributed by atoms with Crippen molar-refractivity contribution in [1.29, 1.82) is 0 Å². The zero-order valence-corrected chi connectivity index (χ0v) is 10.2. The fourth-order valence-electron chi connectivity index (χ4n) is 2.06. The molecular formula is C13H6F5N3. The lowest BCUT2D eigenvalue weighted by atomic mass is 10.2. The van der Waals surface area contributed by atoms with Gasteiger partial charge in [-0.2, -0.15) is 0 Å². The Labute approximate surface area is 114 Å². The number of anilines is 1. The molecule has 2 N–H and O–H groups in total. The Morgan fingerprint density at radius 3 is 2.10 bits per heavy atom. The van der Waals surface area contributed by atoms with E-state index in [1.165, 1.54) is 0 Å². The van der Waals surface area contributed by atoms with Crippen molar-refractivity contribution in [2.24, 2.45) is 0 Å². The largest absolute Gasteiger partial charge is 0.369 e. The van der Waals surface area contributed by atoms with E-state index in [0.717, 1.165) is 10.6 Å². The summed E-state index contributed by atoms with van der Waals surface area (Å²) in [6, 6.07) is 2.81. The molecule has 1 heterocycles. The Hall–Kier alpha value is -2.64. The number of benzene rings is 2. The topological polar surface area (TPSA) is 43.8 Å². The first-order valence-electron chi connectivity index (χ1n) is 5.66. The summed E-state index contributed by atoms with van der Waals surface area (Å²) in [4.78, 5) is 3.67. The van der Waals surface area contributed by atoms with Crippen molar-refractivity contribution in [1.82, 2.24) is 9.55 Å². The van der Waals surface area contributed by atoms with Crippen LogP contribution >= 0.6 is 0 Å². The Morgan fingerprint density at radius 1 is 0.857 bits per heavy atom. The van der Waals surface area contributed by atoms with E-state index in [0.29, 0.717) is 18.2 Å². The van der Waals surface area contributed by atoms with Gasteiger partial charge in [0, 0.05) is 24.3 Å². The second kappa shape index (κ2) is 4.44. The van der Waals surface area contributed by atoms with Crippen LogP contribution in [0.15, 0.2) is 24.3 Å². The van der Waals surface area contributed by atoms with Gasteiger partial charge in [-0.1, -0.05) is 0 Å². The molecule has 0 fully saturated rings. The van der Waals surface area contributed by atoms with Crippen LogP contribution in [0, 0.1) is 29.1 Å². The van der Waals surface area contributed by atoms with Crippen LogP contribution in [0.1, 0.15) is 0 Å². The molecule has 0 saturated carbocycles. The smallest absolute Gasteiger partial charge is 0.206 e. The lowest BCUT2D eigenvalue weighted by Crippen LogP contribution is -2.03. The number of halogens is 5. The molecule has 0 amide bonds. The van der Waals surface area contributed by atoms with Gasteiger partial charge in [-0.05, 0) is 0 Å². The fourth-order valence-corrected chi connectivity index (χ4v) is 2.06. The molecule has 0 atom stereocenters. The van der Waals surface area contributed by atoms with Gasteiger partial charge in [-0.15, -0.1) is 0 Å². The molecule has 0 saturated heterocycles. The molecule has 0 radical (unpaired) electrons. The highest BCUT2D eigenvalue weighted by molar-refractivity contribution is 5.81. The number of hydrogen-bond donors (Lipinski definition) is 1. The van der Waals surface area contributed by atoms with E-state index in [1.54, 1.807) is 0 Å². The number of nitrogen functional groups attached to an aromatic ring is 1. The molecular weight excluding hydrogens is 293 g/mol. The minimum absolute atomic E-state index is 0.129. The third-order valence-corrected chi connectivity index (χ3v) is 2.93. The first kappa shape index (κ1) is 13.3. The van der Waals surface area contributed by atoms with Crippen molar-refractivity contribution in [3.8, 4) is 5.69 Å². The number of fused-ring (bicyclic) bond motifs is 1. The van der Waals surface area contributed by atoms with Gasteiger partial charge in [0.05, 0.1) is 11.2 Å². The van der Waals surface area contributed by atoms with Gasteiger partial charge in [0.2, 0.25) is 5.95 Å². The van der Waals surface area contributed by atoms with Crippen LogP contribution in [0.2, 0.25) is 0 Å². The standard InChI is InChI=1S/C13H6F5N3/c14-5-1-9(17)12-10(2-5)21(13(19)20-12)6-3-7(15)11(18)8(16)4-6/h1-4H,(H2,19,20). The summed E-state index contributed by atoms with van der Waals surface area (Å²) in [5, 5.41) is 0. The Kier molecular flexibility index (Phi) is 2.82. The van der Waals surface area contributed by atoms with E-state index in [9.17, 15) is 22.0 Å². The van der Waals surface area contributed by atoms with Crippen molar-refractivity contribution in [3.63, 3.8) is 0 Å². The highest BCUT2D eigenvalue weighted by atomic mass is 19.2. The molecule has 2 aromatic carbocycles. The highest BCUT2D eigenvalue weighted by Crippen LogP contribution is 2.27. The van der Waals surface area contributed by atoms with Crippen LogP contribution in [-0.4, -0.2) is 9.55 Å². The zero-order chi connectivity index (χ0) is 15.3. The van der Waals surface area contributed by atoms with Crippen LogP contribution in [-0.2, 0) is 0 Å². The number of nitrogens with two attached hydrogens (primary N) is 1. The van der Waals surface area contributed by atoms with Gasteiger partial charge in [0.15, 0.2) is 23.3 Å². The SMILES string of the molecule is Nc1nc2c(F)cc(F)cc2n1-c1cc(F)c(F)c(F)c1. The summed E-state index contributed by atoms with van der Waals surface area (Å²) < 4.78 is 67.4. The van der Waals surface area contributed by atoms with Crippen molar-refractivity contribution in [3.05, 3.63) is 53.4 Å². The Bertz CT molecular complexity index is 849. The molecule has 0 aliphatic rings. The van der Waals surface area contributed by atoms with E-state index in [4.69, 9.17) is 5.73 Å². The predicted octanol–water partition coefficient (Wildman–Crippen LogP) is 3.30. The van der Waals surface area contributed by atoms with Gasteiger partial charge < -0.3 is 5.73 Å².